The van der Waals surface area contributed by atoms with Crippen molar-refractivity contribution in [1.29, 1.82) is 0 Å². The average molecular weight is 423 g/mol. The fraction of sp³-hybridized carbons (Fsp3) is 0.333. The first-order chi connectivity index (χ1) is 15.0. The van der Waals surface area contributed by atoms with E-state index in [1.54, 1.807) is 35.2 Å². The average Bonchev–Trinajstić information content (AvgIpc) is 3.40. The third-order valence-electron chi connectivity index (χ3n) is 6.07. The van der Waals surface area contributed by atoms with E-state index in [9.17, 15) is 19.8 Å². The molecule has 1 aliphatic heterocycles. The minimum Gasteiger partial charge on any atom is -0.508 e. The molecule has 0 radical (unpaired) electrons. The second kappa shape index (κ2) is 8.34. The summed E-state index contributed by atoms with van der Waals surface area (Å²) >= 11 is 0. The van der Waals surface area contributed by atoms with E-state index in [0.29, 0.717) is 17.1 Å². The van der Waals surface area contributed by atoms with Gasteiger partial charge >= 0.3 is 0 Å². The van der Waals surface area contributed by atoms with Crippen molar-refractivity contribution in [2.75, 3.05) is 14.2 Å². The summed E-state index contributed by atoms with van der Waals surface area (Å²) in [5, 5.41) is 21.1. The van der Waals surface area contributed by atoms with Crippen LogP contribution in [0.15, 0.2) is 48.0 Å². The summed E-state index contributed by atoms with van der Waals surface area (Å²) in [7, 11) is 2.92. The predicted octanol–water partition coefficient (Wildman–Crippen LogP) is 3.77. The van der Waals surface area contributed by atoms with E-state index in [4.69, 9.17) is 9.47 Å². The number of likely N-dealkylation sites (tertiary alicyclic amines) is 1. The molecule has 2 fully saturated rings. The van der Waals surface area contributed by atoms with Crippen molar-refractivity contribution in [1.82, 2.24) is 4.90 Å². The molecule has 7 nitrogen and oxygen atoms in total. The van der Waals surface area contributed by atoms with E-state index >= 15 is 0 Å². The second-order valence-corrected chi connectivity index (χ2v) is 7.77. The second-order valence-electron chi connectivity index (χ2n) is 7.77. The van der Waals surface area contributed by atoms with Crippen LogP contribution in [-0.4, -0.2) is 47.1 Å². The zero-order valence-corrected chi connectivity index (χ0v) is 17.5. The van der Waals surface area contributed by atoms with Gasteiger partial charge in [-0.05, 0) is 42.7 Å². The maximum atomic E-state index is 13.2. The number of carbonyl (C=O) groups is 2. The van der Waals surface area contributed by atoms with Gasteiger partial charge in [0, 0.05) is 6.04 Å². The molecule has 2 N–H and O–H groups in total. The van der Waals surface area contributed by atoms with Crippen molar-refractivity contribution in [2.45, 2.75) is 37.8 Å². The fourth-order valence-electron chi connectivity index (χ4n) is 4.61. The first-order valence-corrected chi connectivity index (χ1v) is 10.3. The number of nitrogens with zero attached hydrogens (tertiary/aromatic N) is 1. The number of Topliss-reactive ketones (excluding diaryl/α,β-unsaturated/α-hetero) is 1. The summed E-state index contributed by atoms with van der Waals surface area (Å²) in [6.07, 6.45) is 3.58. The van der Waals surface area contributed by atoms with Crippen LogP contribution in [0.1, 0.15) is 42.9 Å². The number of phenolic OH excluding ortho intramolecular Hbond substituents is 1. The molecule has 0 spiro atoms. The normalized spacial score (nSPS) is 21.0. The number of aliphatic hydroxyl groups is 1. The maximum absolute atomic E-state index is 13.2. The van der Waals surface area contributed by atoms with Gasteiger partial charge in [0.25, 0.3) is 11.7 Å². The van der Waals surface area contributed by atoms with Gasteiger partial charge in [-0.15, -0.1) is 0 Å². The van der Waals surface area contributed by atoms with E-state index in [-0.39, 0.29) is 28.7 Å². The summed E-state index contributed by atoms with van der Waals surface area (Å²) in [5.74, 6) is -0.975. The van der Waals surface area contributed by atoms with E-state index in [1.807, 2.05) is 0 Å². The van der Waals surface area contributed by atoms with Gasteiger partial charge < -0.3 is 24.6 Å². The van der Waals surface area contributed by atoms with Crippen molar-refractivity contribution in [3.8, 4) is 17.2 Å². The van der Waals surface area contributed by atoms with Gasteiger partial charge in [-0.2, -0.15) is 0 Å². The van der Waals surface area contributed by atoms with Crippen LogP contribution in [0.4, 0.5) is 0 Å². The van der Waals surface area contributed by atoms with Gasteiger partial charge in [0.05, 0.1) is 25.8 Å². The molecular weight excluding hydrogens is 398 g/mol. The number of ether oxygens (including phenoxy) is 2. The molecule has 162 valence electrons. The van der Waals surface area contributed by atoms with Crippen LogP contribution < -0.4 is 9.47 Å². The van der Waals surface area contributed by atoms with Gasteiger partial charge in [-0.1, -0.05) is 31.0 Å². The van der Waals surface area contributed by atoms with E-state index in [1.165, 1.54) is 26.4 Å². The minimum atomic E-state index is -0.765. The van der Waals surface area contributed by atoms with Gasteiger partial charge in [0.15, 0.2) is 0 Å². The number of aromatic hydroxyl groups is 1. The SMILES string of the molecule is COc1cccc(OC)c1/C(O)=C1\C(=O)C(=O)N(C2CCCC2)C1c1ccc(O)cc1. The van der Waals surface area contributed by atoms with Crippen LogP contribution in [0.2, 0.25) is 0 Å². The summed E-state index contributed by atoms with van der Waals surface area (Å²) in [4.78, 5) is 27.9. The molecule has 1 saturated heterocycles. The standard InChI is InChI=1S/C24H25NO6/c1-30-17-8-5-9-18(31-2)19(17)22(27)20-21(14-10-12-16(26)13-11-14)25(24(29)23(20)28)15-6-3-4-7-15/h5,8-13,15,21,26-27H,3-4,6-7H2,1-2H3/b22-20+. The Morgan fingerprint density at radius 2 is 1.55 bits per heavy atom. The van der Waals surface area contributed by atoms with E-state index in [2.05, 4.69) is 0 Å². The van der Waals surface area contributed by atoms with Gasteiger partial charge in [0.1, 0.15) is 28.6 Å². The van der Waals surface area contributed by atoms with E-state index in [0.717, 1.165) is 25.7 Å². The zero-order chi connectivity index (χ0) is 22.1. The molecule has 4 rings (SSSR count). The van der Waals surface area contributed by atoms with Crippen LogP contribution in [0.3, 0.4) is 0 Å². The highest BCUT2D eigenvalue weighted by Crippen LogP contribution is 2.46. The predicted molar refractivity (Wildman–Crippen MR) is 114 cm³/mol. The van der Waals surface area contributed by atoms with Crippen molar-refractivity contribution < 1.29 is 29.3 Å². The number of hydrogen-bond donors (Lipinski definition) is 2. The Labute approximate surface area is 180 Å². The third kappa shape index (κ3) is 3.50. The molecule has 1 unspecified atom stereocenters. The molecule has 2 aromatic carbocycles. The Morgan fingerprint density at radius 3 is 2.10 bits per heavy atom. The number of ketones is 1. The summed E-state index contributed by atoms with van der Waals surface area (Å²) in [6.45, 7) is 0. The van der Waals surface area contributed by atoms with Crippen molar-refractivity contribution >= 4 is 17.4 Å². The van der Waals surface area contributed by atoms with Crippen LogP contribution in [0.5, 0.6) is 17.2 Å². The van der Waals surface area contributed by atoms with Crippen LogP contribution >= 0.6 is 0 Å². The monoisotopic (exact) mass is 423 g/mol. The molecule has 1 atom stereocenters. The smallest absolute Gasteiger partial charge is 0.295 e. The van der Waals surface area contributed by atoms with E-state index < -0.39 is 17.7 Å². The highest BCUT2D eigenvalue weighted by Gasteiger charge is 2.49. The summed E-state index contributed by atoms with van der Waals surface area (Å²) < 4.78 is 10.8. The van der Waals surface area contributed by atoms with Crippen molar-refractivity contribution in [3.05, 3.63) is 59.2 Å². The molecule has 1 aliphatic carbocycles. The molecule has 1 saturated carbocycles. The third-order valence-corrected chi connectivity index (χ3v) is 6.07. The molecule has 2 aliphatic rings. The number of carbonyl (C=O) groups excluding carboxylic acids is 2. The quantitative estimate of drug-likeness (QED) is 0.432. The van der Waals surface area contributed by atoms with Crippen molar-refractivity contribution in [3.63, 3.8) is 0 Å². The Hall–Kier alpha value is -3.48. The number of methoxy groups -OCH3 is 2. The molecule has 7 heteroatoms. The number of hydrogen-bond acceptors (Lipinski definition) is 6. The first-order valence-electron chi connectivity index (χ1n) is 10.3. The Bertz CT molecular complexity index is 1010. The lowest BCUT2D eigenvalue weighted by Crippen LogP contribution is -2.37. The molecule has 0 aromatic heterocycles. The Kier molecular flexibility index (Phi) is 5.59. The Morgan fingerprint density at radius 1 is 0.968 bits per heavy atom. The van der Waals surface area contributed by atoms with Gasteiger partial charge in [0.2, 0.25) is 0 Å². The molecule has 1 heterocycles. The number of rotatable bonds is 5. The highest BCUT2D eigenvalue weighted by atomic mass is 16.5. The molecular formula is C24H25NO6. The lowest BCUT2D eigenvalue weighted by atomic mass is 9.94. The van der Waals surface area contributed by atoms with Crippen LogP contribution in [-0.2, 0) is 9.59 Å². The highest BCUT2D eigenvalue weighted by molar-refractivity contribution is 6.46. The van der Waals surface area contributed by atoms with Crippen LogP contribution in [0, 0.1) is 0 Å². The number of aliphatic hydroxyl groups excluding tert-OH is 1. The summed E-state index contributed by atoms with van der Waals surface area (Å²) in [5.41, 5.74) is 0.852. The minimum absolute atomic E-state index is 0.00890. The number of benzene rings is 2. The van der Waals surface area contributed by atoms with Crippen molar-refractivity contribution in [2.24, 2.45) is 0 Å². The first kappa shape index (κ1) is 20.8. The topological polar surface area (TPSA) is 96.3 Å². The zero-order valence-electron chi connectivity index (χ0n) is 17.5. The molecule has 0 bridgehead atoms. The van der Waals surface area contributed by atoms with Gasteiger partial charge in [-0.3, -0.25) is 9.59 Å². The molecule has 2 aromatic rings. The number of amides is 1. The summed E-state index contributed by atoms with van der Waals surface area (Å²) in [6, 6.07) is 10.5. The largest absolute Gasteiger partial charge is 0.508 e. The lowest BCUT2D eigenvalue weighted by Gasteiger charge is -2.30. The fourth-order valence-corrected chi connectivity index (χ4v) is 4.61. The Balaban J connectivity index is 1.95. The number of phenols is 1. The maximum Gasteiger partial charge on any atom is 0.295 e. The van der Waals surface area contributed by atoms with Gasteiger partial charge in [-0.25, -0.2) is 0 Å². The van der Waals surface area contributed by atoms with Crippen LogP contribution in [0.25, 0.3) is 5.76 Å². The lowest BCUT2D eigenvalue weighted by molar-refractivity contribution is -0.141. The molecule has 1 amide bonds. The molecule has 31 heavy (non-hydrogen) atoms.